The zero-order valence-electron chi connectivity index (χ0n) is 18.7. The fraction of sp³-hybridized carbons (Fsp3) is 1.00. The molecule has 7 unspecified atom stereocenters. The van der Waals surface area contributed by atoms with Gasteiger partial charge in [-0.2, -0.15) is 0 Å². The molecule has 4 rings (SSSR count). The van der Waals surface area contributed by atoms with Crippen molar-refractivity contribution in [1.29, 1.82) is 0 Å². The van der Waals surface area contributed by atoms with E-state index in [9.17, 15) is 0 Å². The Labute approximate surface area is 168 Å². The van der Waals surface area contributed by atoms with Crippen molar-refractivity contribution in [2.24, 2.45) is 40.4 Å². The Hall–Kier alpha value is -0.0800. The lowest BCUT2D eigenvalue weighted by Crippen LogP contribution is -2.62. The van der Waals surface area contributed by atoms with Gasteiger partial charge in [-0.3, -0.25) is 0 Å². The topological polar surface area (TPSA) is 18.5 Å². The molecule has 7 atom stereocenters. The molecule has 4 fully saturated rings. The van der Waals surface area contributed by atoms with Gasteiger partial charge in [-0.15, -0.1) is 0 Å². The summed E-state index contributed by atoms with van der Waals surface area (Å²) in [5.41, 5.74) is 0.755. The lowest BCUT2D eigenvalue weighted by atomic mass is 9.43. The van der Waals surface area contributed by atoms with Crippen LogP contribution in [-0.4, -0.2) is 19.0 Å². The van der Waals surface area contributed by atoms with Crippen LogP contribution >= 0.6 is 0 Å². The molecule has 0 bridgehead atoms. The zero-order valence-corrected chi connectivity index (χ0v) is 18.7. The second-order valence-electron chi connectivity index (χ2n) is 11.0. The van der Waals surface area contributed by atoms with Crippen LogP contribution in [0.3, 0.4) is 0 Å². The quantitative estimate of drug-likeness (QED) is 0.538. The molecule has 2 heteroatoms. The van der Waals surface area contributed by atoms with E-state index in [1.165, 1.54) is 51.4 Å². The molecule has 1 heterocycles. The average Bonchev–Trinajstić information content (AvgIpc) is 2.70. The number of hydrogen-bond acceptors (Lipinski definition) is 2. The van der Waals surface area contributed by atoms with Crippen molar-refractivity contribution in [2.75, 3.05) is 13.2 Å². The van der Waals surface area contributed by atoms with Crippen molar-refractivity contribution in [3.63, 3.8) is 0 Å². The lowest BCUT2D eigenvalue weighted by Gasteiger charge is -2.64. The summed E-state index contributed by atoms with van der Waals surface area (Å²) in [4.78, 5) is 0. The second kappa shape index (κ2) is 7.31. The summed E-state index contributed by atoms with van der Waals surface area (Å²) in [6.07, 6.45) is 13.5. The van der Waals surface area contributed by atoms with Gasteiger partial charge in [-0.05, 0) is 92.8 Å². The van der Waals surface area contributed by atoms with E-state index >= 15 is 0 Å². The van der Waals surface area contributed by atoms with Crippen molar-refractivity contribution in [3.8, 4) is 0 Å². The molecule has 3 saturated carbocycles. The van der Waals surface area contributed by atoms with Gasteiger partial charge in [-0.25, -0.2) is 0 Å². The average molecular weight is 377 g/mol. The van der Waals surface area contributed by atoms with E-state index in [4.69, 9.17) is 9.47 Å². The van der Waals surface area contributed by atoms with Gasteiger partial charge < -0.3 is 9.47 Å². The first kappa shape index (κ1) is 20.2. The predicted molar refractivity (Wildman–Crippen MR) is 111 cm³/mol. The molecule has 0 N–H and O–H groups in total. The molecule has 0 radical (unpaired) electrons. The molecule has 0 spiro atoms. The highest BCUT2D eigenvalue weighted by molar-refractivity contribution is 5.08. The molecule has 0 aromatic heterocycles. The van der Waals surface area contributed by atoms with Gasteiger partial charge in [0, 0.05) is 5.41 Å². The van der Waals surface area contributed by atoms with Crippen molar-refractivity contribution in [3.05, 3.63) is 0 Å². The molecule has 0 aromatic carbocycles. The van der Waals surface area contributed by atoms with Crippen LogP contribution < -0.4 is 0 Å². The third kappa shape index (κ3) is 2.95. The first-order valence-corrected chi connectivity index (χ1v) is 12.2. The van der Waals surface area contributed by atoms with Crippen LogP contribution in [0.2, 0.25) is 0 Å². The molecule has 0 amide bonds. The number of hydrogen-bond donors (Lipinski definition) is 0. The van der Waals surface area contributed by atoms with E-state index in [2.05, 4.69) is 34.6 Å². The predicted octanol–water partition coefficient (Wildman–Crippen LogP) is 6.82. The molecule has 156 valence electrons. The SMILES string of the molecule is CCC1CCC2(C)C(CCC3C2CCC(C)(C2(CC)OCCCO2)C3C)C1. The molecular formula is C25H44O2. The molecule has 3 aliphatic carbocycles. The monoisotopic (exact) mass is 376 g/mol. The molecule has 1 aliphatic heterocycles. The van der Waals surface area contributed by atoms with Gasteiger partial charge in [0.1, 0.15) is 0 Å². The summed E-state index contributed by atoms with van der Waals surface area (Å²) < 4.78 is 12.9. The number of rotatable bonds is 3. The van der Waals surface area contributed by atoms with Gasteiger partial charge in [-0.1, -0.05) is 41.0 Å². The molecular weight excluding hydrogens is 332 g/mol. The first-order valence-electron chi connectivity index (χ1n) is 12.2. The summed E-state index contributed by atoms with van der Waals surface area (Å²) in [7, 11) is 0. The molecule has 27 heavy (non-hydrogen) atoms. The third-order valence-electron chi connectivity index (χ3n) is 10.3. The fourth-order valence-corrected chi connectivity index (χ4v) is 8.25. The van der Waals surface area contributed by atoms with Gasteiger partial charge in [0.15, 0.2) is 5.79 Å². The normalized spacial score (nSPS) is 49.9. The minimum Gasteiger partial charge on any atom is -0.349 e. The molecule has 0 aromatic rings. The summed E-state index contributed by atoms with van der Waals surface area (Å²) >= 11 is 0. The maximum atomic E-state index is 6.45. The maximum Gasteiger partial charge on any atom is 0.173 e. The minimum atomic E-state index is -0.340. The largest absolute Gasteiger partial charge is 0.349 e. The maximum absolute atomic E-state index is 6.45. The molecule has 4 aliphatic rings. The molecule has 1 saturated heterocycles. The van der Waals surface area contributed by atoms with Gasteiger partial charge in [0.25, 0.3) is 0 Å². The lowest BCUT2D eigenvalue weighted by molar-refractivity contribution is -0.345. The summed E-state index contributed by atoms with van der Waals surface area (Å²) in [5.74, 6) is 4.12. The van der Waals surface area contributed by atoms with E-state index in [0.717, 1.165) is 49.7 Å². The van der Waals surface area contributed by atoms with Crippen LogP contribution in [0.4, 0.5) is 0 Å². The third-order valence-corrected chi connectivity index (χ3v) is 10.3. The highest BCUT2D eigenvalue weighted by Crippen LogP contribution is 2.66. The summed E-state index contributed by atoms with van der Waals surface area (Å²) in [6, 6.07) is 0. The van der Waals surface area contributed by atoms with E-state index in [1.54, 1.807) is 0 Å². The Morgan fingerprint density at radius 2 is 1.67 bits per heavy atom. The van der Waals surface area contributed by atoms with E-state index < -0.39 is 0 Å². The first-order chi connectivity index (χ1) is 12.9. The summed E-state index contributed by atoms with van der Waals surface area (Å²) in [5, 5.41) is 0. The Bertz CT molecular complexity index is 524. The van der Waals surface area contributed by atoms with Crippen LogP contribution in [0.25, 0.3) is 0 Å². The van der Waals surface area contributed by atoms with Gasteiger partial charge in [0.05, 0.1) is 13.2 Å². The Morgan fingerprint density at radius 3 is 2.33 bits per heavy atom. The van der Waals surface area contributed by atoms with Crippen LogP contribution in [-0.2, 0) is 9.47 Å². The van der Waals surface area contributed by atoms with Crippen molar-refractivity contribution in [2.45, 2.75) is 105 Å². The van der Waals surface area contributed by atoms with Gasteiger partial charge >= 0.3 is 0 Å². The highest BCUT2D eigenvalue weighted by atomic mass is 16.7. The number of ether oxygens (including phenoxy) is 2. The van der Waals surface area contributed by atoms with Crippen LogP contribution in [0, 0.1) is 40.4 Å². The van der Waals surface area contributed by atoms with Crippen molar-refractivity contribution in [1.82, 2.24) is 0 Å². The standard InChI is InChI=1S/C25H44O2/c1-6-19-11-13-23(4)20(17-19)9-10-21-18(3)24(5,14-12-22(21)23)25(7-2)26-15-8-16-27-25/h18-22H,6-17H2,1-5H3. The van der Waals surface area contributed by atoms with Crippen LogP contribution in [0.15, 0.2) is 0 Å². The Morgan fingerprint density at radius 1 is 0.926 bits per heavy atom. The van der Waals surface area contributed by atoms with Crippen molar-refractivity contribution < 1.29 is 9.47 Å². The smallest absolute Gasteiger partial charge is 0.173 e. The highest BCUT2D eigenvalue weighted by Gasteiger charge is 2.61. The Balaban J connectivity index is 1.58. The van der Waals surface area contributed by atoms with Gasteiger partial charge in [0.2, 0.25) is 0 Å². The fourth-order valence-electron chi connectivity index (χ4n) is 8.25. The van der Waals surface area contributed by atoms with Crippen LogP contribution in [0.1, 0.15) is 98.8 Å². The van der Waals surface area contributed by atoms with Crippen LogP contribution in [0.5, 0.6) is 0 Å². The van der Waals surface area contributed by atoms with E-state index in [-0.39, 0.29) is 11.2 Å². The Kier molecular flexibility index (Phi) is 5.47. The van der Waals surface area contributed by atoms with E-state index in [1.807, 2.05) is 0 Å². The zero-order chi connectivity index (χ0) is 19.3. The number of fused-ring (bicyclic) bond motifs is 3. The summed E-state index contributed by atoms with van der Waals surface area (Å²) in [6.45, 7) is 14.2. The second-order valence-corrected chi connectivity index (χ2v) is 11.0. The minimum absolute atomic E-state index is 0.160. The van der Waals surface area contributed by atoms with E-state index in [0.29, 0.717) is 11.3 Å². The molecule has 2 nitrogen and oxygen atoms in total. The van der Waals surface area contributed by atoms with Crippen molar-refractivity contribution >= 4 is 0 Å².